The zero-order valence-corrected chi connectivity index (χ0v) is 32.7. The van der Waals surface area contributed by atoms with Gasteiger partial charge in [-0.2, -0.15) is 0 Å². The van der Waals surface area contributed by atoms with Crippen LogP contribution in [0.4, 0.5) is 0 Å². The summed E-state index contributed by atoms with van der Waals surface area (Å²) >= 11 is 0. The van der Waals surface area contributed by atoms with E-state index in [0.717, 1.165) is 44.9 Å². The van der Waals surface area contributed by atoms with Gasteiger partial charge in [0.1, 0.15) is 30.5 Å². The second kappa shape index (κ2) is 32.6. The van der Waals surface area contributed by atoms with Crippen molar-refractivity contribution >= 4 is 5.91 Å². The van der Waals surface area contributed by atoms with Crippen LogP contribution in [0.15, 0.2) is 0 Å². The molecule has 0 radical (unpaired) electrons. The Kier molecular flexibility index (Phi) is 30.8. The molecule has 2 unspecified atom stereocenters. The SMILES string of the molecule is CCCCCCCCCCCCCCCCC[C@@H](O)[C@@H](O)[C@H](CO[C@@H]1O[C@H](CO)[C@H](O)C(O)C1O)NC(=O)CCCCCCCCCCCCC. The number of nitrogens with one attached hydrogen (secondary N) is 1. The van der Waals surface area contributed by atoms with Crippen LogP contribution in [-0.4, -0.2) is 98.7 Å². The van der Waals surface area contributed by atoms with Crippen LogP contribution in [0, 0.1) is 0 Å². The largest absolute Gasteiger partial charge is 0.394 e. The predicted octanol–water partition coefficient (Wildman–Crippen LogP) is 6.97. The summed E-state index contributed by atoms with van der Waals surface area (Å²) < 4.78 is 11.1. The standard InChI is InChI=1S/C41H81NO9/c1-3-5-7-9-11-13-15-16-17-18-20-21-23-25-27-29-34(44)37(46)33(32-50-41-40(49)39(48)38(47)35(31-43)51-41)42-36(45)30-28-26-24-22-19-14-12-10-8-6-4-2/h33-35,37-41,43-44,46-49H,3-32H2,1-2H3,(H,42,45)/t33-,34+,35+,37-,38-,39?,40?,41+/m0/s1. The van der Waals surface area contributed by atoms with E-state index in [9.17, 15) is 35.4 Å². The number of aliphatic hydroxyl groups excluding tert-OH is 6. The van der Waals surface area contributed by atoms with Crippen molar-refractivity contribution in [1.29, 1.82) is 0 Å². The minimum Gasteiger partial charge on any atom is -0.394 e. The summed E-state index contributed by atoms with van der Waals surface area (Å²) in [4.78, 5) is 12.9. The van der Waals surface area contributed by atoms with Gasteiger partial charge in [-0.15, -0.1) is 0 Å². The van der Waals surface area contributed by atoms with Gasteiger partial charge in [0.2, 0.25) is 5.91 Å². The molecule has 10 heteroatoms. The van der Waals surface area contributed by atoms with Gasteiger partial charge >= 0.3 is 0 Å². The molecule has 7 N–H and O–H groups in total. The van der Waals surface area contributed by atoms with E-state index in [-0.39, 0.29) is 18.9 Å². The molecule has 0 saturated carbocycles. The molecule has 1 heterocycles. The van der Waals surface area contributed by atoms with E-state index in [1.165, 1.54) is 122 Å². The average Bonchev–Trinajstić information content (AvgIpc) is 3.13. The summed E-state index contributed by atoms with van der Waals surface area (Å²) in [6.45, 7) is 3.59. The van der Waals surface area contributed by atoms with Crippen molar-refractivity contribution in [3.63, 3.8) is 0 Å². The Morgan fingerprint density at radius 1 is 0.608 bits per heavy atom. The number of carbonyl (C=O) groups excluding carboxylic acids is 1. The Bertz CT molecular complexity index is 788. The Hall–Kier alpha value is -0.850. The monoisotopic (exact) mass is 732 g/mol. The minimum absolute atomic E-state index is 0.258. The van der Waals surface area contributed by atoms with Crippen molar-refractivity contribution in [1.82, 2.24) is 5.32 Å². The third kappa shape index (κ3) is 23.5. The molecule has 1 aliphatic heterocycles. The highest BCUT2D eigenvalue weighted by atomic mass is 16.7. The Labute approximate surface area is 311 Å². The fourth-order valence-corrected chi connectivity index (χ4v) is 7.02. The van der Waals surface area contributed by atoms with Gasteiger partial charge < -0.3 is 45.4 Å². The van der Waals surface area contributed by atoms with Crippen molar-refractivity contribution in [2.45, 2.75) is 243 Å². The van der Waals surface area contributed by atoms with Gasteiger partial charge in [0.05, 0.1) is 25.4 Å². The summed E-state index contributed by atoms with van der Waals surface area (Å²) in [6.07, 6.45) is 22.5. The first-order chi connectivity index (χ1) is 24.8. The number of ether oxygens (including phenoxy) is 2. The second-order valence-electron chi connectivity index (χ2n) is 15.3. The average molecular weight is 732 g/mol. The van der Waals surface area contributed by atoms with E-state index in [1.807, 2.05) is 0 Å². The van der Waals surface area contributed by atoms with E-state index in [0.29, 0.717) is 6.42 Å². The molecule has 10 nitrogen and oxygen atoms in total. The number of aliphatic hydroxyl groups is 6. The van der Waals surface area contributed by atoms with Crippen LogP contribution in [-0.2, 0) is 14.3 Å². The molecule has 0 aliphatic carbocycles. The zero-order valence-electron chi connectivity index (χ0n) is 32.7. The lowest BCUT2D eigenvalue weighted by atomic mass is 9.98. The van der Waals surface area contributed by atoms with Crippen LogP contribution in [0.2, 0.25) is 0 Å². The molecule has 0 aromatic heterocycles. The number of amides is 1. The normalized spacial score (nSPS) is 22.5. The maximum Gasteiger partial charge on any atom is 0.220 e. The lowest BCUT2D eigenvalue weighted by Crippen LogP contribution is -2.60. The van der Waals surface area contributed by atoms with Crippen molar-refractivity contribution in [3.8, 4) is 0 Å². The number of hydrogen-bond donors (Lipinski definition) is 7. The molecule has 1 amide bonds. The van der Waals surface area contributed by atoms with Gasteiger partial charge in [0.15, 0.2) is 6.29 Å². The van der Waals surface area contributed by atoms with E-state index in [4.69, 9.17) is 9.47 Å². The van der Waals surface area contributed by atoms with Crippen LogP contribution < -0.4 is 5.32 Å². The highest BCUT2D eigenvalue weighted by molar-refractivity contribution is 5.76. The van der Waals surface area contributed by atoms with E-state index < -0.39 is 55.6 Å². The molecule has 304 valence electrons. The van der Waals surface area contributed by atoms with Crippen LogP contribution >= 0.6 is 0 Å². The predicted molar refractivity (Wildman–Crippen MR) is 204 cm³/mol. The number of hydrogen-bond acceptors (Lipinski definition) is 9. The molecular formula is C41H81NO9. The molecule has 0 bridgehead atoms. The van der Waals surface area contributed by atoms with Crippen LogP contribution in [0.5, 0.6) is 0 Å². The van der Waals surface area contributed by atoms with Gasteiger partial charge in [0.25, 0.3) is 0 Å². The molecular weight excluding hydrogens is 650 g/mol. The van der Waals surface area contributed by atoms with E-state index in [1.54, 1.807) is 0 Å². The topological polar surface area (TPSA) is 169 Å². The highest BCUT2D eigenvalue weighted by Gasteiger charge is 2.44. The summed E-state index contributed by atoms with van der Waals surface area (Å²) in [5.41, 5.74) is 0. The molecule has 8 atom stereocenters. The Morgan fingerprint density at radius 3 is 1.45 bits per heavy atom. The van der Waals surface area contributed by atoms with Crippen molar-refractivity contribution < 1.29 is 44.9 Å². The van der Waals surface area contributed by atoms with Crippen LogP contribution in [0.1, 0.15) is 194 Å². The summed E-state index contributed by atoms with van der Waals surface area (Å²) in [7, 11) is 0. The van der Waals surface area contributed by atoms with Crippen molar-refractivity contribution in [2.75, 3.05) is 13.2 Å². The first-order valence-corrected chi connectivity index (χ1v) is 21.3. The number of rotatable bonds is 35. The first-order valence-electron chi connectivity index (χ1n) is 21.3. The summed E-state index contributed by atoms with van der Waals surface area (Å²) in [6, 6.07) is -0.982. The minimum atomic E-state index is -1.60. The molecule has 1 rings (SSSR count). The summed E-state index contributed by atoms with van der Waals surface area (Å²) in [5.74, 6) is -0.258. The molecule has 0 spiro atoms. The zero-order chi connectivity index (χ0) is 37.5. The first kappa shape index (κ1) is 48.2. The van der Waals surface area contributed by atoms with Crippen molar-refractivity contribution in [3.05, 3.63) is 0 Å². The number of unbranched alkanes of at least 4 members (excludes halogenated alkanes) is 24. The fraction of sp³-hybridized carbons (Fsp3) is 0.976. The highest BCUT2D eigenvalue weighted by Crippen LogP contribution is 2.23. The lowest BCUT2D eigenvalue weighted by Gasteiger charge is -2.40. The lowest BCUT2D eigenvalue weighted by molar-refractivity contribution is -0.303. The smallest absolute Gasteiger partial charge is 0.220 e. The molecule has 1 fully saturated rings. The van der Waals surface area contributed by atoms with Gasteiger partial charge in [-0.3, -0.25) is 4.79 Å². The second-order valence-corrected chi connectivity index (χ2v) is 15.3. The Morgan fingerprint density at radius 2 is 1.02 bits per heavy atom. The molecule has 51 heavy (non-hydrogen) atoms. The van der Waals surface area contributed by atoms with Crippen LogP contribution in [0.3, 0.4) is 0 Å². The maximum atomic E-state index is 12.9. The van der Waals surface area contributed by atoms with Gasteiger partial charge in [-0.05, 0) is 12.8 Å². The third-order valence-electron chi connectivity index (χ3n) is 10.6. The molecule has 1 aliphatic rings. The third-order valence-corrected chi connectivity index (χ3v) is 10.6. The number of carbonyl (C=O) groups is 1. The van der Waals surface area contributed by atoms with Crippen molar-refractivity contribution in [2.24, 2.45) is 0 Å². The molecule has 1 saturated heterocycles. The molecule has 0 aromatic carbocycles. The summed E-state index contributed by atoms with van der Waals surface area (Å²) in [5, 5.41) is 64.9. The van der Waals surface area contributed by atoms with Crippen LogP contribution in [0.25, 0.3) is 0 Å². The molecule has 0 aromatic rings. The van der Waals surface area contributed by atoms with Gasteiger partial charge in [0, 0.05) is 6.42 Å². The quantitative estimate of drug-likeness (QED) is 0.0341. The van der Waals surface area contributed by atoms with Gasteiger partial charge in [-0.25, -0.2) is 0 Å². The van der Waals surface area contributed by atoms with E-state index >= 15 is 0 Å². The Balaban J connectivity index is 2.43. The van der Waals surface area contributed by atoms with Gasteiger partial charge in [-0.1, -0.05) is 174 Å². The maximum absolute atomic E-state index is 12.9. The van der Waals surface area contributed by atoms with E-state index in [2.05, 4.69) is 19.2 Å². The fourth-order valence-electron chi connectivity index (χ4n) is 7.02.